The summed E-state index contributed by atoms with van der Waals surface area (Å²) < 4.78 is 44.0. The number of fused-ring (bicyclic) bond motifs is 3. The normalized spacial score (nSPS) is 13.8. The second-order valence-corrected chi connectivity index (χ2v) is 34.9. The van der Waals surface area contributed by atoms with Gasteiger partial charge in [-0.3, -0.25) is 14.7 Å². The highest BCUT2D eigenvalue weighted by Gasteiger charge is 2.23. The van der Waals surface area contributed by atoms with Crippen LogP contribution >= 0.6 is 24.8 Å². The fourth-order valence-corrected chi connectivity index (χ4v) is 18.4. The minimum atomic E-state index is 0. The van der Waals surface area contributed by atoms with Crippen LogP contribution in [0.3, 0.4) is 0 Å². The van der Waals surface area contributed by atoms with E-state index in [1.807, 2.05) is 54.6 Å². The van der Waals surface area contributed by atoms with Gasteiger partial charge in [-0.1, -0.05) is 208 Å². The Balaban J connectivity index is 0.000000163. The summed E-state index contributed by atoms with van der Waals surface area (Å²) in [6.07, 6.45) is 16.1. The molecule has 3 aliphatic rings. The molecule has 0 unspecified atom stereocenters. The number of hydrogen-bond acceptors (Lipinski definition) is 9. The minimum Gasteiger partial charge on any atom is -0.492 e. The van der Waals surface area contributed by atoms with E-state index in [2.05, 4.69) is 307 Å². The van der Waals surface area contributed by atoms with E-state index in [4.69, 9.17) is 28.4 Å². The van der Waals surface area contributed by atoms with Gasteiger partial charge in [-0.25, -0.2) is 0 Å². The standard InChI is InChI=1S/3C38H42N2O2.CH4.2ClH/c3*1-29-12-21-37-36(26-29)30(2)38(33-15-19-35(20-16-33)42-28-32-10-6-5-7-11-32)40(37)27-31-13-17-34(18-14-31)41-25-24-39-22-8-3-4-9-23-39;;;/h3*5-7,10-21,26H,3-4,8-9,22-25,27-28H2,1-2H3;1H4;2*1H. The Labute approximate surface area is 779 Å². The molecule has 0 N–H and O–H groups in total. The third-order valence-corrected chi connectivity index (χ3v) is 25.5. The summed E-state index contributed by atoms with van der Waals surface area (Å²) in [7, 11) is 0. The number of likely N-dealkylation sites (tertiary alicyclic amines) is 3. The van der Waals surface area contributed by atoms with Gasteiger partial charge in [-0.05, 0) is 332 Å². The van der Waals surface area contributed by atoms with Crippen LogP contribution in [0.5, 0.6) is 34.5 Å². The molecule has 15 aromatic rings. The van der Waals surface area contributed by atoms with Crippen LogP contribution < -0.4 is 28.4 Å². The Hall–Kier alpha value is -11.5. The first-order valence-electron chi connectivity index (χ1n) is 46.3. The zero-order valence-electron chi connectivity index (χ0n) is 75.9. The molecular weight excluding hydrogens is 1630 g/mol. The Morgan fingerprint density at radius 1 is 0.233 bits per heavy atom. The second kappa shape index (κ2) is 47.7. The van der Waals surface area contributed by atoms with Crippen molar-refractivity contribution >= 4 is 57.5 Å². The summed E-state index contributed by atoms with van der Waals surface area (Å²) in [4.78, 5) is 7.64. The molecule has 0 atom stereocenters. The lowest BCUT2D eigenvalue weighted by Gasteiger charge is -2.19. The summed E-state index contributed by atoms with van der Waals surface area (Å²) >= 11 is 0. The maximum Gasteiger partial charge on any atom is 0.119 e. The van der Waals surface area contributed by atoms with E-state index in [0.29, 0.717) is 19.8 Å². The summed E-state index contributed by atoms with van der Waals surface area (Å²) in [6.45, 7) is 29.8. The third kappa shape index (κ3) is 25.8. The summed E-state index contributed by atoms with van der Waals surface area (Å²) in [6, 6.07) is 103. The Morgan fingerprint density at radius 3 is 0.698 bits per heavy atom. The van der Waals surface area contributed by atoms with Crippen molar-refractivity contribution in [3.63, 3.8) is 0 Å². The molecule has 18 rings (SSSR count). The van der Waals surface area contributed by atoms with Crippen molar-refractivity contribution in [2.75, 3.05) is 78.7 Å². The molecule has 3 fully saturated rings. The molecule has 0 aliphatic carbocycles. The van der Waals surface area contributed by atoms with Crippen LogP contribution in [-0.2, 0) is 39.5 Å². The smallest absolute Gasteiger partial charge is 0.119 e. The molecule has 12 aromatic carbocycles. The van der Waals surface area contributed by atoms with Crippen molar-refractivity contribution in [3.05, 3.63) is 358 Å². The second-order valence-electron chi connectivity index (χ2n) is 34.9. The van der Waals surface area contributed by atoms with E-state index in [1.54, 1.807) is 0 Å². The average Bonchev–Trinajstić information content (AvgIpc) is 1.62. The molecule has 3 aliphatic heterocycles. The monoisotopic (exact) mass is 1760 g/mol. The van der Waals surface area contributed by atoms with Gasteiger partial charge in [0.25, 0.3) is 0 Å². The number of hydrogen-bond donors (Lipinski definition) is 0. The summed E-state index contributed by atoms with van der Waals surface area (Å²) in [5, 5.41) is 3.92. The maximum absolute atomic E-state index is 6.13. The minimum absolute atomic E-state index is 0. The van der Waals surface area contributed by atoms with Gasteiger partial charge in [0.2, 0.25) is 0 Å². The Morgan fingerprint density at radius 2 is 0.457 bits per heavy atom. The molecule has 14 heteroatoms. The van der Waals surface area contributed by atoms with E-state index in [-0.39, 0.29) is 32.2 Å². The first kappa shape index (κ1) is 95.1. The molecule has 3 aromatic heterocycles. The molecule has 0 bridgehead atoms. The van der Waals surface area contributed by atoms with Gasteiger partial charge in [0, 0.05) is 72.0 Å². The van der Waals surface area contributed by atoms with Crippen molar-refractivity contribution < 1.29 is 28.4 Å². The third-order valence-electron chi connectivity index (χ3n) is 25.5. The number of aromatic nitrogens is 3. The first-order chi connectivity index (χ1) is 61.9. The lowest BCUT2D eigenvalue weighted by Crippen LogP contribution is -2.29. The number of rotatable bonds is 30. The summed E-state index contributed by atoms with van der Waals surface area (Å²) in [5.74, 6) is 5.48. The summed E-state index contributed by atoms with van der Waals surface area (Å²) in [5.41, 5.74) is 26.2. The zero-order valence-corrected chi connectivity index (χ0v) is 77.5. The topological polar surface area (TPSA) is 79.9 Å². The molecule has 12 nitrogen and oxygen atoms in total. The zero-order chi connectivity index (χ0) is 86.2. The first-order valence-corrected chi connectivity index (χ1v) is 46.3. The SMILES string of the molecule is C.Cc1ccc2c(c1)c(C)c(-c1ccc(OCc3ccccc3)cc1)n2Cc1ccc(OCCN2CCCCCC2)cc1.Cc1ccc2c(c1)c(C)c(-c1ccc(OCc3ccccc3)cc1)n2Cc1ccc(OCCN2CCCCCC2)cc1.Cc1ccc2c(c1)c(C)c(-c1ccc(OCc3ccccc3)cc1)n2Cc1ccc(OCCN2CCCCCC2)cc1.Cl.Cl. The average molecular weight is 1770 g/mol. The van der Waals surface area contributed by atoms with Crippen molar-refractivity contribution in [2.24, 2.45) is 0 Å². The molecule has 672 valence electrons. The number of nitrogens with zero attached hydrogens (tertiary/aromatic N) is 6. The van der Waals surface area contributed by atoms with Gasteiger partial charge in [-0.2, -0.15) is 0 Å². The lowest BCUT2D eigenvalue weighted by atomic mass is 10.1. The number of ether oxygens (including phenoxy) is 6. The van der Waals surface area contributed by atoms with Gasteiger partial charge in [-0.15, -0.1) is 24.8 Å². The van der Waals surface area contributed by atoms with E-state index in [1.165, 1.54) is 250 Å². The van der Waals surface area contributed by atoms with Crippen LogP contribution in [0.4, 0.5) is 0 Å². The molecule has 0 amide bonds. The van der Waals surface area contributed by atoms with Crippen LogP contribution in [0.15, 0.2) is 291 Å². The highest BCUT2D eigenvalue weighted by molar-refractivity contribution is 5.95. The molecule has 6 heterocycles. The molecule has 3 saturated heterocycles. The van der Waals surface area contributed by atoms with Crippen LogP contribution in [0.2, 0.25) is 0 Å². The molecule has 0 radical (unpaired) electrons. The van der Waals surface area contributed by atoms with Gasteiger partial charge >= 0.3 is 0 Å². The molecule has 129 heavy (non-hydrogen) atoms. The van der Waals surface area contributed by atoms with Gasteiger partial charge < -0.3 is 42.1 Å². The van der Waals surface area contributed by atoms with E-state index in [9.17, 15) is 0 Å². The van der Waals surface area contributed by atoms with Crippen molar-refractivity contribution in [3.8, 4) is 68.3 Å². The number of halogens is 2. The van der Waals surface area contributed by atoms with Gasteiger partial charge in [0.15, 0.2) is 0 Å². The fraction of sp³-hybridized carbons (Fsp3) is 0.322. The molecule has 0 saturated carbocycles. The lowest BCUT2D eigenvalue weighted by molar-refractivity contribution is 0.214. The van der Waals surface area contributed by atoms with Crippen LogP contribution in [0.1, 0.15) is 151 Å². The van der Waals surface area contributed by atoms with Gasteiger partial charge in [0.05, 0.1) is 17.1 Å². The molecular formula is C115H132Cl2N6O6. The van der Waals surface area contributed by atoms with E-state index < -0.39 is 0 Å². The highest BCUT2D eigenvalue weighted by Crippen LogP contribution is 2.40. The van der Waals surface area contributed by atoms with Crippen molar-refractivity contribution in [1.29, 1.82) is 0 Å². The van der Waals surface area contributed by atoms with Crippen LogP contribution in [-0.4, -0.2) is 107 Å². The predicted octanol–water partition coefficient (Wildman–Crippen LogP) is 27.9. The molecule has 0 spiro atoms. The van der Waals surface area contributed by atoms with E-state index in [0.717, 1.165) is 93.6 Å². The highest BCUT2D eigenvalue weighted by atomic mass is 35.5. The van der Waals surface area contributed by atoms with Gasteiger partial charge in [0.1, 0.15) is 74.1 Å². The maximum atomic E-state index is 6.13. The van der Waals surface area contributed by atoms with Crippen molar-refractivity contribution in [2.45, 2.75) is 165 Å². The quantitative estimate of drug-likeness (QED) is 0.0437. The Bertz CT molecular complexity index is 5330. The Kier molecular flexibility index (Phi) is 35.2. The van der Waals surface area contributed by atoms with E-state index >= 15 is 0 Å². The number of benzene rings is 12. The fourth-order valence-electron chi connectivity index (χ4n) is 18.4. The largest absolute Gasteiger partial charge is 0.492 e. The number of aryl methyl sites for hydroxylation is 6. The predicted molar refractivity (Wildman–Crippen MR) is 542 cm³/mol. The van der Waals surface area contributed by atoms with Crippen LogP contribution in [0.25, 0.3) is 66.5 Å². The van der Waals surface area contributed by atoms with Crippen molar-refractivity contribution in [1.82, 2.24) is 28.4 Å². The van der Waals surface area contributed by atoms with Crippen LogP contribution in [0, 0.1) is 41.5 Å².